The summed E-state index contributed by atoms with van der Waals surface area (Å²) >= 11 is 0. The van der Waals surface area contributed by atoms with E-state index >= 15 is 0 Å². The summed E-state index contributed by atoms with van der Waals surface area (Å²) in [4.78, 5) is 20.7. The average Bonchev–Trinajstić information content (AvgIpc) is 3.06. The zero-order chi connectivity index (χ0) is 25.1. The number of Topliss-reactive ketones (excluding diaryl/α,β-unsaturated/α-hetero) is 1. The highest BCUT2D eigenvalue weighted by molar-refractivity contribution is 7.89. The van der Waals surface area contributed by atoms with Crippen molar-refractivity contribution in [2.45, 2.75) is 45.3 Å². The van der Waals surface area contributed by atoms with Gasteiger partial charge in [-0.25, -0.2) is 13.4 Å². The van der Waals surface area contributed by atoms with Crippen molar-refractivity contribution in [3.8, 4) is 0 Å². The number of rotatable bonds is 6. The van der Waals surface area contributed by atoms with Crippen LogP contribution in [0, 0.1) is 16.7 Å². The first-order valence-corrected chi connectivity index (χ1v) is 13.2. The SMILES string of the molecule is CN(C)CC1CN(c2ccc(C(F)(F)F)cn2)CCN1S(=O)(=O)C[C@]12CC[C@@H](CC1=O)C2(C)C. The highest BCUT2D eigenvalue weighted by atomic mass is 32.2. The molecule has 11 heteroatoms. The number of carbonyl (C=O) groups excluding carboxylic acids is 1. The monoisotopic (exact) mass is 502 g/mol. The van der Waals surface area contributed by atoms with E-state index in [2.05, 4.69) is 4.98 Å². The quantitative estimate of drug-likeness (QED) is 0.596. The van der Waals surface area contributed by atoms with Crippen LogP contribution in [0.5, 0.6) is 0 Å². The molecule has 3 aliphatic rings. The van der Waals surface area contributed by atoms with E-state index in [0.29, 0.717) is 38.3 Å². The Morgan fingerprint density at radius 3 is 2.41 bits per heavy atom. The molecule has 34 heavy (non-hydrogen) atoms. The molecule has 0 spiro atoms. The Morgan fingerprint density at radius 1 is 1.21 bits per heavy atom. The number of hydrogen-bond acceptors (Lipinski definition) is 6. The van der Waals surface area contributed by atoms with Crippen LogP contribution in [0.3, 0.4) is 0 Å². The van der Waals surface area contributed by atoms with E-state index in [1.165, 1.54) is 10.4 Å². The molecule has 0 amide bonds. The second-order valence-electron chi connectivity index (χ2n) is 10.8. The van der Waals surface area contributed by atoms with Gasteiger partial charge in [-0.2, -0.15) is 17.5 Å². The number of aromatic nitrogens is 1. The number of ketones is 1. The minimum Gasteiger partial charge on any atom is -0.354 e. The normalized spacial score (nSPS) is 29.9. The Hall–Kier alpha value is -1.72. The maximum absolute atomic E-state index is 13.7. The summed E-state index contributed by atoms with van der Waals surface area (Å²) in [7, 11) is -0.0487. The van der Waals surface area contributed by atoms with Gasteiger partial charge in [0.05, 0.1) is 17.4 Å². The van der Waals surface area contributed by atoms with Crippen LogP contribution in [-0.2, 0) is 21.0 Å². The number of anilines is 1. The van der Waals surface area contributed by atoms with E-state index < -0.39 is 33.2 Å². The third-order valence-electron chi connectivity index (χ3n) is 8.33. The summed E-state index contributed by atoms with van der Waals surface area (Å²) < 4.78 is 67.7. The van der Waals surface area contributed by atoms with Gasteiger partial charge in [0.15, 0.2) is 0 Å². The van der Waals surface area contributed by atoms with Gasteiger partial charge in [0.25, 0.3) is 0 Å². The van der Waals surface area contributed by atoms with E-state index in [9.17, 15) is 26.4 Å². The second-order valence-corrected chi connectivity index (χ2v) is 12.7. The van der Waals surface area contributed by atoms with Crippen LogP contribution in [-0.4, -0.2) is 80.5 Å². The standard InChI is InChI=1S/C23H33F3N4O3S/c1-21(2)16-7-8-22(21,19(31)11-16)15-34(32,33)30-10-9-29(14-18(30)13-28(3)4)20-6-5-17(12-27-20)23(24,25)26/h5-6,12,16,18H,7-11,13-15H2,1-4H3/t16-,18?,22+/m0/s1. The first kappa shape index (κ1) is 25.4. The fraction of sp³-hybridized carbons (Fsp3) is 0.739. The van der Waals surface area contributed by atoms with Crippen LogP contribution in [0.2, 0.25) is 0 Å². The summed E-state index contributed by atoms with van der Waals surface area (Å²) in [5.74, 6) is 0.507. The number of carbonyl (C=O) groups is 1. The fourth-order valence-electron chi connectivity index (χ4n) is 6.23. The number of pyridine rings is 1. The lowest BCUT2D eigenvalue weighted by molar-refractivity contribution is -0.137. The molecule has 4 rings (SSSR count). The summed E-state index contributed by atoms with van der Waals surface area (Å²) in [6.07, 6.45) is -1.71. The maximum atomic E-state index is 13.7. The Kier molecular flexibility index (Phi) is 6.30. The van der Waals surface area contributed by atoms with Gasteiger partial charge >= 0.3 is 6.18 Å². The smallest absolute Gasteiger partial charge is 0.354 e. The first-order chi connectivity index (χ1) is 15.7. The van der Waals surface area contributed by atoms with Crippen molar-refractivity contribution in [2.75, 3.05) is 50.9 Å². The largest absolute Gasteiger partial charge is 0.417 e. The highest BCUT2D eigenvalue weighted by Crippen LogP contribution is 2.64. The molecule has 2 aliphatic carbocycles. The van der Waals surface area contributed by atoms with Crippen LogP contribution in [0.25, 0.3) is 0 Å². The average molecular weight is 503 g/mol. The van der Waals surface area contributed by atoms with Crippen LogP contribution in [0.1, 0.15) is 38.7 Å². The van der Waals surface area contributed by atoms with Crippen molar-refractivity contribution in [1.82, 2.24) is 14.2 Å². The van der Waals surface area contributed by atoms with E-state index in [-0.39, 0.29) is 29.4 Å². The van der Waals surface area contributed by atoms with Crippen molar-refractivity contribution in [1.29, 1.82) is 0 Å². The van der Waals surface area contributed by atoms with Crippen molar-refractivity contribution in [2.24, 2.45) is 16.7 Å². The van der Waals surface area contributed by atoms with Gasteiger partial charge in [0.1, 0.15) is 11.6 Å². The molecular weight excluding hydrogens is 469 g/mol. The molecule has 2 bridgehead atoms. The molecule has 3 atom stereocenters. The van der Waals surface area contributed by atoms with E-state index in [4.69, 9.17) is 0 Å². The predicted molar refractivity (Wildman–Crippen MR) is 123 cm³/mol. The number of piperazine rings is 1. The van der Waals surface area contributed by atoms with Gasteiger partial charge in [-0.3, -0.25) is 4.79 Å². The van der Waals surface area contributed by atoms with Gasteiger partial charge < -0.3 is 9.80 Å². The molecule has 3 fully saturated rings. The molecule has 2 heterocycles. The molecule has 1 aliphatic heterocycles. The predicted octanol–water partition coefficient (Wildman–Crippen LogP) is 2.88. The number of sulfonamides is 1. The van der Waals surface area contributed by atoms with E-state index in [0.717, 1.165) is 18.7 Å². The van der Waals surface area contributed by atoms with Gasteiger partial charge in [-0.1, -0.05) is 13.8 Å². The van der Waals surface area contributed by atoms with Crippen molar-refractivity contribution < 1.29 is 26.4 Å². The number of halogens is 3. The summed E-state index contributed by atoms with van der Waals surface area (Å²) in [5.41, 5.74) is -2.01. The molecule has 1 saturated heterocycles. The number of fused-ring (bicyclic) bond motifs is 2. The summed E-state index contributed by atoms with van der Waals surface area (Å²) in [5, 5.41) is 0. The van der Waals surface area contributed by atoms with Gasteiger partial charge in [-0.05, 0) is 50.4 Å². The van der Waals surface area contributed by atoms with Crippen LogP contribution in [0.15, 0.2) is 18.3 Å². The second kappa shape index (κ2) is 8.44. The zero-order valence-corrected chi connectivity index (χ0v) is 20.9. The van der Waals surface area contributed by atoms with E-state index in [1.807, 2.05) is 37.7 Å². The Bertz CT molecular complexity index is 1040. The van der Waals surface area contributed by atoms with Gasteiger partial charge in [-0.15, -0.1) is 0 Å². The van der Waals surface area contributed by atoms with Gasteiger partial charge in [0.2, 0.25) is 10.0 Å². The molecule has 2 saturated carbocycles. The van der Waals surface area contributed by atoms with Crippen LogP contribution < -0.4 is 4.90 Å². The zero-order valence-electron chi connectivity index (χ0n) is 20.1. The fourth-order valence-corrected chi connectivity index (χ4v) is 8.64. The third kappa shape index (κ3) is 4.24. The molecule has 7 nitrogen and oxygen atoms in total. The van der Waals surface area contributed by atoms with Crippen molar-refractivity contribution in [3.63, 3.8) is 0 Å². The molecule has 0 aromatic carbocycles. The molecule has 0 radical (unpaired) electrons. The number of likely N-dealkylation sites (N-methyl/N-ethyl adjacent to an activating group) is 1. The number of alkyl halides is 3. The lowest BCUT2D eigenvalue weighted by atomic mass is 9.70. The summed E-state index contributed by atoms with van der Waals surface area (Å²) in [6.45, 7) is 5.31. The minimum atomic E-state index is -4.46. The lowest BCUT2D eigenvalue weighted by Crippen LogP contribution is -2.60. The minimum absolute atomic E-state index is 0.0640. The summed E-state index contributed by atoms with van der Waals surface area (Å²) in [6, 6.07) is 1.92. The molecular formula is C23H33F3N4O3S. The first-order valence-electron chi connectivity index (χ1n) is 11.6. The van der Waals surface area contributed by atoms with Crippen LogP contribution >= 0.6 is 0 Å². The maximum Gasteiger partial charge on any atom is 0.417 e. The number of nitrogens with zero attached hydrogens (tertiary/aromatic N) is 4. The van der Waals surface area contributed by atoms with Crippen molar-refractivity contribution >= 4 is 21.6 Å². The Labute approximate surface area is 199 Å². The highest BCUT2D eigenvalue weighted by Gasteiger charge is 2.65. The molecule has 1 unspecified atom stereocenters. The topological polar surface area (TPSA) is 73.8 Å². The lowest BCUT2D eigenvalue weighted by Gasteiger charge is -2.44. The molecule has 0 N–H and O–H groups in total. The molecule has 190 valence electrons. The van der Waals surface area contributed by atoms with E-state index in [1.54, 1.807) is 0 Å². The van der Waals surface area contributed by atoms with Crippen LogP contribution in [0.4, 0.5) is 19.0 Å². The van der Waals surface area contributed by atoms with Crippen molar-refractivity contribution in [3.05, 3.63) is 23.9 Å². The Morgan fingerprint density at radius 2 is 1.91 bits per heavy atom. The number of hydrogen-bond donors (Lipinski definition) is 0. The molecule has 1 aromatic rings. The third-order valence-corrected chi connectivity index (χ3v) is 10.4. The molecule has 1 aromatic heterocycles. The Balaban J connectivity index is 1.56. The van der Waals surface area contributed by atoms with Gasteiger partial charge in [0, 0.05) is 44.2 Å².